The van der Waals surface area contributed by atoms with Crippen molar-refractivity contribution < 1.29 is 0 Å². The molecule has 1 aliphatic rings. The van der Waals surface area contributed by atoms with E-state index < -0.39 is 0 Å². The highest BCUT2D eigenvalue weighted by Crippen LogP contribution is 2.35. The molecule has 1 nitrogen and oxygen atoms in total. The highest BCUT2D eigenvalue weighted by atomic mass is 79.9. The van der Waals surface area contributed by atoms with Crippen molar-refractivity contribution in [1.82, 2.24) is 0 Å². The van der Waals surface area contributed by atoms with Crippen molar-refractivity contribution in [1.29, 1.82) is 0 Å². The van der Waals surface area contributed by atoms with Gasteiger partial charge in [0.1, 0.15) is 0 Å². The van der Waals surface area contributed by atoms with Crippen LogP contribution in [0.25, 0.3) is 27.1 Å². The molecule has 0 saturated heterocycles. The van der Waals surface area contributed by atoms with Crippen LogP contribution in [0.1, 0.15) is 12.0 Å². The Kier molecular flexibility index (Phi) is 3.55. The lowest BCUT2D eigenvalue weighted by atomic mass is 9.91. The summed E-state index contributed by atoms with van der Waals surface area (Å²) in [6.45, 7) is 0. The Morgan fingerprint density at radius 3 is 2.35 bits per heavy atom. The fourth-order valence-corrected chi connectivity index (χ4v) is 3.67. The first-order valence-electron chi connectivity index (χ1n) is 7.68. The van der Waals surface area contributed by atoms with Gasteiger partial charge in [0.05, 0.1) is 0 Å². The standard InChI is InChI=1S/C21H16BrN/c22-15-7-5-11-19(21(23)13-15)20-12-14-6-1-2-8-16(14)17-9-3-4-10-18(17)20/h1-4,6-13H,5,23H2. The molecule has 0 aliphatic heterocycles. The summed E-state index contributed by atoms with van der Waals surface area (Å²) < 4.78 is 1.03. The molecule has 4 rings (SSSR count). The van der Waals surface area contributed by atoms with E-state index in [9.17, 15) is 0 Å². The van der Waals surface area contributed by atoms with Crippen LogP contribution in [0.4, 0.5) is 0 Å². The van der Waals surface area contributed by atoms with Crippen molar-refractivity contribution in [3.8, 4) is 0 Å². The van der Waals surface area contributed by atoms with E-state index in [4.69, 9.17) is 5.73 Å². The molecule has 0 spiro atoms. The van der Waals surface area contributed by atoms with Gasteiger partial charge in [-0.15, -0.1) is 0 Å². The highest BCUT2D eigenvalue weighted by molar-refractivity contribution is 9.11. The molecule has 2 N–H and O–H groups in total. The maximum absolute atomic E-state index is 6.36. The topological polar surface area (TPSA) is 26.0 Å². The summed E-state index contributed by atoms with van der Waals surface area (Å²) >= 11 is 3.54. The molecule has 0 aromatic heterocycles. The van der Waals surface area contributed by atoms with Crippen LogP contribution in [0.15, 0.2) is 83.0 Å². The van der Waals surface area contributed by atoms with Gasteiger partial charge in [-0.2, -0.15) is 0 Å². The van der Waals surface area contributed by atoms with Gasteiger partial charge >= 0.3 is 0 Å². The second-order valence-electron chi connectivity index (χ2n) is 5.73. The highest BCUT2D eigenvalue weighted by Gasteiger charge is 2.13. The Balaban J connectivity index is 2.07. The molecule has 3 aromatic carbocycles. The summed E-state index contributed by atoms with van der Waals surface area (Å²) in [5.74, 6) is 0. The smallest absolute Gasteiger partial charge is 0.0402 e. The molecule has 0 bridgehead atoms. The van der Waals surface area contributed by atoms with E-state index >= 15 is 0 Å². The zero-order chi connectivity index (χ0) is 15.8. The molecule has 0 fully saturated rings. The minimum Gasteiger partial charge on any atom is -0.398 e. The van der Waals surface area contributed by atoms with Gasteiger partial charge in [0, 0.05) is 15.8 Å². The van der Waals surface area contributed by atoms with Crippen LogP contribution in [-0.2, 0) is 0 Å². The molecule has 0 radical (unpaired) electrons. The molecule has 0 unspecified atom stereocenters. The number of rotatable bonds is 1. The molecule has 0 saturated carbocycles. The third-order valence-corrected chi connectivity index (χ3v) is 4.85. The molecule has 0 atom stereocenters. The lowest BCUT2D eigenvalue weighted by Crippen LogP contribution is -2.01. The predicted octanol–water partition coefficient (Wildman–Crippen LogP) is 5.90. The van der Waals surface area contributed by atoms with Crippen molar-refractivity contribution in [3.63, 3.8) is 0 Å². The fourth-order valence-electron chi connectivity index (χ4n) is 3.23. The lowest BCUT2D eigenvalue weighted by molar-refractivity contribution is 1.38. The van der Waals surface area contributed by atoms with E-state index in [1.807, 2.05) is 6.08 Å². The molecule has 112 valence electrons. The first kappa shape index (κ1) is 14.3. The van der Waals surface area contributed by atoms with Crippen LogP contribution in [0.5, 0.6) is 0 Å². The summed E-state index contributed by atoms with van der Waals surface area (Å²) in [5, 5.41) is 5.03. The first-order chi connectivity index (χ1) is 11.2. The predicted molar refractivity (Wildman–Crippen MR) is 103 cm³/mol. The summed E-state index contributed by atoms with van der Waals surface area (Å²) in [5.41, 5.74) is 9.46. The molecular formula is C21H16BrN. The van der Waals surface area contributed by atoms with Crippen molar-refractivity contribution in [2.24, 2.45) is 5.73 Å². The van der Waals surface area contributed by atoms with Gasteiger partial charge in [0.25, 0.3) is 0 Å². The summed E-state index contributed by atoms with van der Waals surface area (Å²) in [7, 11) is 0. The van der Waals surface area contributed by atoms with Gasteiger partial charge in [-0.05, 0) is 45.7 Å². The van der Waals surface area contributed by atoms with Crippen molar-refractivity contribution in [3.05, 3.63) is 88.6 Å². The second kappa shape index (κ2) is 5.71. The summed E-state index contributed by atoms with van der Waals surface area (Å²) in [6, 6.07) is 19.3. The van der Waals surface area contributed by atoms with Crippen molar-refractivity contribution in [2.45, 2.75) is 6.42 Å². The SMILES string of the molecule is NC1=CC(Br)=CCC=C1c1cc2ccccc2c2ccccc12. The molecule has 3 aromatic rings. The molecular weight excluding hydrogens is 346 g/mol. The second-order valence-corrected chi connectivity index (χ2v) is 6.65. The van der Waals surface area contributed by atoms with E-state index in [1.54, 1.807) is 0 Å². The van der Waals surface area contributed by atoms with Crippen LogP contribution in [-0.4, -0.2) is 0 Å². The van der Waals surface area contributed by atoms with E-state index in [0.29, 0.717) is 0 Å². The third-order valence-electron chi connectivity index (χ3n) is 4.30. The molecule has 1 aliphatic carbocycles. The van der Waals surface area contributed by atoms with Crippen LogP contribution >= 0.6 is 15.9 Å². The van der Waals surface area contributed by atoms with Gasteiger partial charge in [-0.25, -0.2) is 0 Å². The summed E-state index contributed by atoms with van der Waals surface area (Å²) in [6.07, 6.45) is 7.19. The number of hydrogen-bond donors (Lipinski definition) is 1. The van der Waals surface area contributed by atoms with Crippen LogP contribution < -0.4 is 5.73 Å². The van der Waals surface area contributed by atoms with E-state index in [0.717, 1.165) is 22.2 Å². The van der Waals surface area contributed by atoms with Gasteiger partial charge in [-0.3, -0.25) is 0 Å². The lowest BCUT2D eigenvalue weighted by Gasteiger charge is -2.14. The summed E-state index contributed by atoms with van der Waals surface area (Å²) in [4.78, 5) is 0. The van der Waals surface area contributed by atoms with Gasteiger partial charge in [0.2, 0.25) is 0 Å². The zero-order valence-electron chi connectivity index (χ0n) is 12.6. The quantitative estimate of drug-likeness (QED) is 0.536. The van der Waals surface area contributed by atoms with Crippen LogP contribution in [0.3, 0.4) is 0 Å². The number of allylic oxidation sites excluding steroid dienone is 5. The average molecular weight is 362 g/mol. The third kappa shape index (κ3) is 2.49. The number of fused-ring (bicyclic) bond motifs is 3. The van der Waals surface area contributed by atoms with Crippen LogP contribution in [0, 0.1) is 0 Å². The van der Waals surface area contributed by atoms with E-state index in [2.05, 4.69) is 82.7 Å². The zero-order valence-corrected chi connectivity index (χ0v) is 14.2. The van der Waals surface area contributed by atoms with Gasteiger partial charge in [-0.1, -0.05) is 76.6 Å². The van der Waals surface area contributed by atoms with E-state index in [1.165, 1.54) is 27.1 Å². The minimum absolute atomic E-state index is 0.797. The minimum atomic E-state index is 0.797. The van der Waals surface area contributed by atoms with Crippen LogP contribution in [0.2, 0.25) is 0 Å². The Bertz CT molecular complexity index is 1010. The Morgan fingerprint density at radius 1 is 0.826 bits per heavy atom. The molecule has 2 heteroatoms. The van der Waals surface area contributed by atoms with Gasteiger partial charge in [0.15, 0.2) is 0 Å². The first-order valence-corrected chi connectivity index (χ1v) is 8.47. The number of nitrogens with two attached hydrogens (primary N) is 1. The monoisotopic (exact) mass is 361 g/mol. The maximum Gasteiger partial charge on any atom is 0.0402 e. The maximum atomic E-state index is 6.36. The Labute approximate surface area is 143 Å². The Hall–Kier alpha value is -2.32. The average Bonchev–Trinajstić information content (AvgIpc) is 2.74. The van der Waals surface area contributed by atoms with Crippen molar-refractivity contribution >= 4 is 43.0 Å². The normalized spacial score (nSPS) is 15.1. The number of hydrogen-bond acceptors (Lipinski definition) is 1. The molecule has 23 heavy (non-hydrogen) atoms. The number of benzene rings is 3. The van der Waals surface area contributed by atoms with E-state index in [-0.39, 0.29) is 0 Å². The molecule has 0 amide bonds. The number of halogens is 1. The fraction of sp³-hybridized carbons (Fsp3) is 0.0476. The largest absolute Gasteiger partial charge is 0.398 e. The van der Waals surface area contributed by atoms with Crippen molar-refractivity contribution in [2.75, 3.05) is 0 Å². The Morgan fingerprint density at radius 2 is 1.52 bits per heavy atom. The van der Waals surface area contributed by atoms with Gasteiger partial charge < -0.3 is 5.73 Å². The molecule has 0 heterocycles.